The zero-order valence-corrected chi connectivity index (χ0v) is 15.7. The van der Waals surface area contributed by atoms with Crippen molar-refractivity contribution in [2.24, 2.45) is 0 Å². The van der Waals surface area contributed by atoms with Crippen LogP contribution in [0.5, 0.6) is 0 Å². The number of pyridine rings is 1. The quantitative estimate of drug-likeness (QED) is 0.737. The number of benzene rings is 1. The summed E-state index contributed by atoms with van der Waals surface area (Å²) in [6.45, 7) is 0.231. The number of hydrogen-bond acceptors (Lipinski definition) is 4. The van der Waals surface area contributed by atoms with Crippen molar-refractivity contribution in [3.8, 4) is 0 Å². The van der Waals surface area contributed by atoms with Crippen molar-refractivity contribution in [2.45, 2.75) is 6.42 Å². The number of likely N-dealkylation sites (N-methyl/N-ethyl adjacent to an activating group) is 1. The van der Waals surface area contributed by atoms with Crippen LogP contribution in [0.25, 0.3) is 0 Å². The van der Waals surface area contributed by atoms with Crippen molar-refractivity contribution in [1.29, 1.82) is 0 Å². The molecule has 25 heavy (non-hydrogen) atoms. The Morgan fingerprint density at radius 2 is 1.72 bits per heavy atom. The number of hydrogen-bond donors (Lipinski definition) is 0. The third kappa shape index (κ3) is 5.72. The Labute approximate surface area is 153 Å². The van der Waals surface area contributed by atoms with Crippen LogP contribution in [0.3, 0.4) is 0 Å². The van der Waals surface area contributed by atoms with E-state index in [1.165, 1.54) is 4.90 Å². The van der Waals surface area contributed by atoms with Gasteiger partial charge in [0, 0.05) is 31.0 Å². The highest BCUT2D eigenvalue weighted by Crippen LogP contribution is 2.20. The van der Waals surface area contributed by atoms with Crippen LogP contribution < -0.4 is 4.31 Å². The van der Waals surface area contributed by atoms with E-state index in [9.17, 15) is 13.2 Å². The highest BCUT2D eigenvalue weighted by molar-refractivity contribution is 7.92. The minimum Gasteiger partial charge on any atom is -0.344 e. The molecule has 1 heterocycles. The Kier molecular flexibility index (Phi) is 6.39. The first-order valence-electron chi connectivity index (χ1n) is 7.63. The largest absolute Gasteiger partial charge is 0.344 e. The summed E-state index contributed by atoms with van der Waals surface area (Å²) in [5.41, 5.74) is 1.47. The van der Waals surface area contributed by atoms with E-state index < -0.39 is 10.0 Å². The van der Waals surface area contributed by atoms with Gasteiger partial charge in [-0.25, -0.2) is 8.42 Å². The highest BCUT2D eigenvalue weighted by atomic mass is 35.5. The fraction of sp³-hybridized carbons (Fsp3) is 0.294. The molecular weight excluding hydrogens is 362 g/mol. The topological polar surface area (TPSA) is 70.6 Å². The van der Waals surface area contributed by atoms with Gasteiger partial charge in [-0.3, -0.25) is 14.1 Å². The number of rotatable bonds is 7. The van der Waals surface area contributed by atoms with Crippen LogP contribution in [0.4, 0.5) is 5.69 Å². The lowest BCUT2D eigenvalue weighted by molar-refractivity contribution is -0.128. The second-order valence-electron chi connectivity index (χ2n) is 5.67. The van der Waals surface area contributed by atoms with E-state index in [2.05, 4.69) is 4.98 Å². The molecule has 0 unspecified atom stereocenters. The molecular formula is C17H20ClN3O3S. The van der Waals surface area contributed by atoms with Crippen LogP contribution in [0, 0.1) is 0 Å². The number of aromatic nitrogens is 1. The van der Waals surface area contributed by atoms with Gasteiger partial charge in [0.1, 0.15) is 6.54 Å². The monoisotopic (exact) mass is 381 g/mol. The highest BCUT2D eigenvalue weighted by Gasteiger charge is 2.22. The standard InChI is InChI=1S/C17H20ClN3O3S/c1-20(12-9-14-7-10-19-11-8-14)17(22)13-21(25(2,23)24)16-5-3-15(18)4-6-16/h3-8,10-11H,9,12-13H2,1-2H3. The molecule has 0 aliphatic rings. The maximum atomic E-state index is 12.4. The molecule has 0 spiro atoms. The number of carbonyl (C=O) groups is 1. The molecule has 8 heteroatoms. The molecule has 1 aromatic carbocycles. The summed E-state index contributed by atoms with van der Waals surface area (Å²) in [6, 6.07) is 10.1. The molecule has 0 aliphatic carbocycles. The number of halogens is 1. The Hall–Kier alpha value is -2.12. The summed E-state index contributed by atoms with van der Waals surface area (Å²) in [6.07, 6.45) is 5.14. The third-order valence-corrected chi connectivity index (χ3v) is 5.10. The molecule has 6 nitrogen and oxygen atoms in total. The Morgan fingerprint density at radius 1 is 1.12 bits per heavy atom. The van der Waals surface area contributed by atoms with Gasteiger partial charge in [0.15, 0.2) is 0 Å². The van der Waals surface area contributed by atoms with Crippen molar-refractivity contribution in [1.82, 2.24) is 9.88 Å². The summed E-state index contributed by atoms with van der Waals surface area (Å²) in [5, 5.41) is 0.498. The fourth-order valence-electron chi connectivity index (χ4n) is 2.22. The Bertz CT molecular complexity index is 811. The van der Waals surface area contributed by atoms with Gasteiger partial charge in [0.05, 0.1) is 11.9 Å². The normalized spacial score (nSPS) is 11.2. The second kappa shape index (κ2) is 8.31. The number of amides is 1. The zero-order chi connectivity index (χ0) is 18.4. The van der Waals surface area contributed by atoms with Gasteiger partial charge in [-0.2, -0.15) is 0 Å². The molecule has 2 rings (SSSR count). The summed E-state index contributed by atoms with van der Waals surface area (Å²) in [7, 11) is -1.93. The summed E-state index contributed by atoms with van der Waals surface area (Å²) in [5.74, 6) is -0.283. The van der Waals surface area contributed by atoms with Crippen molar-refractivity contribution in [3.05, 3.63) is 59.4 Å². The van der Waals surface area contributed by atoms with E-state index in [4.69, 9.17) is 11.6 Å². The number of anilines is 1. The van der Waals surface area contributed by atoms with Crippen LogP contribution in [-0.2, 0) is 21.2 Å². The molecule has 0 saturated heterocycles. The van der Waals surface area contributed by atoms with Crippen LogP contribution in [0.1, 0.15) is 5.56 Å². The molecule has 134 valence electrons. The molecule has 0 aliphatic heterocycles. The SMILES string of the molecule is CN(CCc1ccncc1)C(=O)CN(c1ccc(Cl)cc1)S(C)(=O)=O. The van der Waals surface area contributed by atoms with E-state index >= 15 is 0 Å². The minimum absolute atomic E-state index is 0.257. The first kappa shape index (κ1) is 19.2. The van der Waals surface area contributed by atoms with E-state index in [1.54, 1.807) is 43.7 Å². The van der Waals surface area contributed by atoms with Crippen LogP contribution in [0.2, 0.25) is 5.02 Å². The summed E-state index contributed by atoms with van der Waals surface area (Å²) < 4.78 is 25.2. The molecule has 0 N–H and O–H groups in total. The van der Waals surface area contributed by atoms with E-state index in [-0.39, 0.29) is 12.5 Å². The third-order valence-electron chi connectivity index (χ3n) is 3.70. The predicted molar refractivity (Wildman–Crippen MR) is 99.2 cm³/mol. The van der Waals surface area contributed by atoms with E-state index in [0.717, 1.165) is 16.1 Å². The van der Waals surface area contributed by atoms with Gasteiger partial charge in [-0.15, -0.1) is 0 Å². The van der Waals surface area contributed by atoms with Gasteiger partial charge in [0.2, 0.25) is 15.9 Å². The van der Waals surface area contributed by atoms with Crippen molar-refractivity contribution in [3.63, 3.8) is 0 Å². The number of nitrogens with zero attached hydrogens (tertiary/aromatic N) is 3. The molecule has 0 saturated carbocycles. The van der Waals surface area contributed by atoms with Crippen LogP contribution in [0.15, 0.2) is 48.8 Å². The van der Waals surface area contributed by atoms with Crippen LogP contribution in [-0.4, -0.2) is 50.6 Å². The van der Waals surface area contributed by atoms with E-state index in [0.29, 0.717) is 23.7 Å². The lowest BCUT2D eigenvalue weighted by Gasteiger charge is -2.25. The van der Waals surface area contributed by atoms with Crippen molar-refractivity contribution in [2.75, 3.05) is 30.7 Å². The second-order valence-corrected chi connectivity index (χ2v) is 8.01. The zero-order valence-electron chi connectivity index (χ0n) is 14.1. The molecule has 0 bridgehead atoms. The van der Waals surface area contributed by atoms with Gasteiger partial charge < -0.3 is 4.90 Å². The first-order valence-corrected chi connectivity index (χ1v) is 9.86. The minimum atomic E-state index is -3.59. The van der Waals surface area contributed by atoms with Crippen molar-refractivity contribution < 1.29 is 13.2 Å². The fourth-order valence-corrected chi connectivity index (χ4v) is 3.20. The van der Waals surface area contributed by atoms with Gasteiger partial charge in [0.25, 0.3) is 0 Å². The first-order chi connectivity index (χ1) is 11.8. The average molecular weight is 382 g/mol. The molecule has 2 aromatic rings. The Morgan fingerprint density at radius 3 is 2.28 bits per heavy atom. The van der Waals surface area contributed by atoms with Gasteiger partial charge >= 0.3 is 0 Å². The van der Waals surface area contributed by atoms with Gasteiger partial charge in [-0.05, 0) is 48.4 Å². The Balaban J connectivity index is 2.05. The van der Waals surface area contributed by atoms with Gasteiger partial charge in [-0.1, -0.05) is 11.6 Å². The number of carbonyl (C=O) groups excluding carboxylic acids is 1. The van der Waals surface area contributed by atoms with E-state index in [1.807, 2.05) is 12.1 Å². The summed E-state index contributed by atoms with van der Waals surface area (Å²) in [4.78, 5) is 17.9. The van der Waals surface area contributed by atoms with Crippen LogP contribution >= 0.6 is 11.6 Å². The maximum Gasteiger partial charge on any atom is 0.243 e. The molecule has 0 radical (unpaired) electrons. The molecule has 1 amide bonds. The smallest absolute Gasteiger partial charge is 0.243 e. The lowest BCUT2D eigenvalue weighted by atomic mass is 10.2. The average Bonchev–Trinajstić information content (AvgIpc) is 2.58. The maximum absolute atomic E-state index is 12.4. The number of sulfonamides is 1. The summed E-state index contributed by atoms with van der Waals surface area (Å²) >= 11 is 5.84. The lowest BCUT2D eigenvalue weighted by Crippen LogP contribution is -2.41. The molecule has 0 atom stereocenters. The predicted octanol–water partition coefficient (Wildman–Crippen LogP) is 2.20. The van der Waals surface area contributed by atoms with Crippen molar-refractivity contribution >= 4 is 33.2 Å². The molecule has 1 aromatic heterocycles. The molecule has 0 fully saturated rings.